The molecule has 0 rings (SSSR count). The van der Waals surface area contributed by atoms with E-state index in [1.54, 1.807) is 0 Å². The molecule has 0 aliphatic rings. The first-order chi connectivity index (χ1) is 21.6. The molecule has 0 spiro atoms. The SMILES string of the molecule is CCCCCCCCCCCCCCCCCCC(=O)O.CCCCCCCCCCCCCCCCN(CCO)CCO. The number of aliphatic carboxylic acids is 1. The average Bonchev–Trinajstić information content (AvgIpc) is 3.01. The fraction of sp³-hybridized carbons (Fsp3) is 0.974. The Labute approximate surface area is 276 Å². The molecule has 0 bridgehead atoms. The van der Waals surface area contributed by atoms with Crippen molar-refractivity contribution in [3.63, 3.8) is 0 Å². The number of aliphatic hydroxyl groups is 2. The van der Waals surface area contributed by atoms with Gasteiger partial charge >= 0.3 is 5.97 Å². The molecule has 0 saturated heterocycles. The highest BCUT2D eigenvalue weighted by Gasteiger charge is 2.03. The number of carbonyl (C=O) groups is 1. The van der Waals surface area contributed by atoms with E-state index in [1.165, 1.54) is 180 Å². The Balaban J connectivity index is 0. The van der Waals surface area contributed by atoms with Crippen LogP contribution in [0.25, 0.3) is 0 Å². The van der Waals surface area contributed by atoms with Gasteiger partial charge in [-0.3, -0.25) is 9.69 Å². The molecule has 0 saturated carbocycles. The second-order valence-corrected chi connectivity index (χ2v) is 13.3. The summed E-state index contributed by atoms with van der Waals surface area (Å²) >= 11 is 0. The summed E-state index contributed by atoms with van der Waals surface area (Å²) in [5.74, 6) is -0.652. The molecule has 0 aromatic carbocycles. The van der Waals surface area contributed by atoms with E-state index in [4.69, 9.17) is 15.3 Å². The summed E-state index contributed by atoms with van der Waals surface area (Å²) in [6.07, 6.45) is 41.0. The van der Waals surface area contributed by atoms with Crippen molar-refractivity contribution < 1.29 is 20.1 Å². The van der Waals surface area contributed by atoms with Crippen molar-refractivity contribution in [2.75, 3.05) is 32.8 Å². The normalized spacial score (nSPS) is 11.2. The summed E-state index contributed by atoms with van der Waals surface area (Å²) in [6, 6.07) is 0. The van der Waals surface area contributed by atoms with Crippen LogP contribution < -0.4 is 0 Å². The quantitative estimate of drug-likeness (QED) is 0.0602. The van der Waals surface area contributed by atoms with Crippen LogP contribution in [0.5, 0.6) is 0 Å². The van der Waals surface area contributed by atoms with E-state index in [1.807, 2.05) is 0 Å². The number of hydrogen-bond donors (Lipinski definition) is 3. The zero-order valence-electron chi connectivity index (χ0n) is 30.2. The van der Waals surface area contributed by atoms with Crippen molar-refractivity contribution in [3.8, 4) is 0 Å². The Morgan fingerprint density at radius 1 is 0.386 bits per heavy atom. The maximum absolute atomic E-state index is 10.3. The second-order valence-electron chi connectivity index (χ2n) is 13.3. The lowest BCUT2D eigenvalue weighted by molar-refractivity contribution is -0.137. The van der Waals surface area contributed by atoms with Crippen LogP contribution in [0.3, 0.4) is 0 Å². The van der Waals surface area contributed by atoms with Crippen molar-refractivity contribution in [2.24, 2.45) is 0 Å². The molecule has 0 aliphatic carbocycles. The average molecular weight is 628 g/mol. The van der Waals surface area contributed by atoms with E-state index < -0.39 is 5.97 Å². The van der Waals surface area contributed by atoms with Gasteiger partial charge < -0.3 is 15.3 Å². The van der Waals surface area contributed by atoms with Crippen LogP contribution in [0.4, 0.5) is 0 Å². The van der Waals surface area contributed by atoms with Crippen LogP contribution in [-0.2, 0) is 4.79 Å². The lowest BCUT2D eigenvalue weighted by Crippen LogP contribution is -2.30. The molecule has 266 valence electrons. The first-order valence-electron chi connectivity index (χ1n) is 19.8. The van der Waals surface area contributed by atoms with Gasteiger partial charge in [-0.2, -0.15) is 0 Å². The van der Waals surface area contributed by atoms with Crippen LogP contribution >= 0.6 is 0 Å². The molecule has 5 heteroatoms. The summed E-state index contributed by atoms with van der Waals surface area (Å²) < 4.78 is 0. The highest BCUT2D eigenvalue weighted by molar-refractivity contribution is 5.66. The van der Waals surface area contributed by atoms with Crippen molar-refractivity contribution in [2.45, 2.75) is 213 Å². The van der Waals surface area contributed by atoms with Crippen molar-refractivity contribution >= 4 is 5.97 Å². The summed E-state index contributed by atoms with van der Waals surface area (Å²) in [7, 11) is 0. The smallest absolute Gasteiger partial charge is 0.303 e. The number of nitrogens with zero attached hydrogens (tertiary/aromatic N) is 1. The van der Waals surface area contributed by atoms with Crippen LogP contribution in [0, 0.1) is 0 Å². The van der Waals surface area contributed by atoms with Gasteiger partial charge in [0.15, 0.2) is 0 Å². The van der Waals surface area contributed by atoms with Gasteiger partial charge in [0, 0.05) is 19.5 Å². The number of carboxylic acids is 1. The lowest BCUT2D eigenvalue weighted by Gasteiger charge is -2.19. The number of hydrogen-bond acceptors (Lipinski definition) is 4. The van der Waals surface area contributed by atoms with Crippen molar-refractivity contribution in [1.82, 2.24) is 4.90 Å². The molecule has 0 fully saturated rings. The third-order valence-corrected chi connectivity index (χ3v) is 8.90. The Morgan fingerprint density at radius 3 is 0.886 bits per heavy atom. The third-order valence-electron chi connectivity index (χ3n) is 8.90. The molecule has 0 atom stereocenters. The van der Waals surface area contributed by atoms with Crippen LogP contribution in [0.1, 0.15) is 213 Å². The van der Waals surface area contributed by atoms with Crippen LogP contribution in [0.2, 0.25) is 0 Å². The molecular weight excluding hydrogens is 546 g/mol. The van der Waals surface area contributed by atoms with Gasteiger partial charge in [0.2, 0.25) is 0 Å². The molecule has 44 heavy (non-hydrogen) atoms. The van der Waals surface area contributed by atoms with Crippen molar-refractivity contribution in [1.29, 1.82) is 0 Å². The van der Waals surface area contributed by atoms with E-state index >= 15 is 0 Å². The molecule has 0 aromatic rings. The minimum atomic E-state index is -0.652. The molecule has 0 aromatic heterocycles. The topological polar surface area (TPSA) is 81.0 Å². The summed E-state index contributed by atoms with van der Waals surface area (Å²) in [4.78, 5) is 12.5. The van der Waals surface area contributed by atoms with Gasteiger partial charge in [0.05, 0.1) is 13.2 Å². The van der Waals surface area contributed by atoms with E-state index in [-0.39, 0.29) is 13.2 Å². The first kappa shape index (κ1) is 45.5. The van der Waals surface area contributed by atoms with Gasteiger partial charge in [-0.25, -0.2) is 0 Å². The Hall–Kier alpha value is -0.650. The van der Waals surface area contributed by atoms with Crippen LogP contribution in [0.15, 0.2) is 0 Å². The van der Waals surface area contributed by atoms with Gasteiger partial charge in [0.25, 0.3) is 0 Å². The molecule has 0 amide bonds. The Bertz CT molecular complexity index is 510. The van der Waals surface area contributed by atoms with Gasteiger partial charge in [0.1, 0.15) is 0 Å². The first-order valence-corrected chi connectivity index (χ1v) is 19.8. The van der Waals surface area contributed by atoms with Crippen LogP contribution in [-0.4, -0.2) is 59.0 Å². The summed E-state index contributed by atoms with van der Waals surface area (Å²) in [5.41, 5.74) is 0. The van der Waals surface area contributed by atoms with E-state index in [2.05, 4.69) is 18.7 Å². The molecule has 5 nitrogen and oxygen atoms in total. The fourth-order valence-corrected chi connectivity index (χ4v) is 5.97. The zero-order valence-corrected chi connectivity index (χ0v) is 30.2. The van der Waals surface area contributed by atoms with Gasteiger partial charge in [-0.05, 0) is 19.4 Å². The maximum Gasteiger partial charge on any atom is 0.303 e. The Kier molecular flexibility index (Phi) is 43.8. The largest absolute Gasteiger partial charge is 0.481 e. The molecule has 0 radical (unpaired) electrons. The standard InChI is InChI=1S/C20H43NO2.C19H38O2/c1-2-3-4-5-6-7-8-9-10-11-12-13-14-15-16-21(17-19-22)18-20-23;1-2-3-4-5-6-7-8-9-10-11-12-13-14-15-16-17-18-19(20)21/h22-23H,2-20H2,1H3;2-18H2,1H3,(H,20,21). The van der Waals surface area contributed by atoms with E-state index in [9.17, 15) is 4.79 Å². The van der Waals surface area contributed by atoms with E-state index in [0.29, 0.717) is 19.5 Å². The molecule has 0 unspecified atom stereocenters. The zero-order chi connectivity index (χ0) is 32.6. The summed E-state index contributed by atoms with van der Waals surface area (Å²) in [6.45, 7) is 7.34. The second kappa shape index (κ2) is 42.3. The molecule has 3 N–H and O–H groups in total. The van der Waals surface area contributed by atoms with E-state index in [0.717, 1.165) is 19.4 Å². The third kappa shape index (κ3) is 43.5. The Morgan fingerprint density at radius 2 is 0.636 bits per heavy atom. The number of carboxylic acid groups (broad SMARTS) is 1. The summed E-state index contributed by atoms with van der Waals surface area (Å²) in [5, 5.41) is 26.4. The number of unbranched alkanes of at least 4 members (excludes halogenated alkanes) is 28. The maximum atomic E-state index is 10.3. The molecular formula is C39H81NO4. The van der Waals surface area contributed by atoms with Gasteiger partial charge in [-0.1, -0.05) is 194 Å². The minimum Gasteiger partial charge on any atom is -0.481 e. The monoisotopic (exact) mass is 628 g/mol. The fourth-order valence-electron chi connectivity index (χ4n) is 5.97. The minimum absolute atomic E-state index is 0.193. The van der Waals surface area contributed by atoms with Gasteiger partial charge in [-0.15, -0.1) is 0 Å². The molecule has 0 heterocycles. The number of rotatable bonds is 36. The predicted octanol–water partition coefficient (Wildman–Crippen LogP) is 11.5. The highest BCUT2D eigenvalue weighted by atomic mass is 16.4. The number of aliphatic hydroxyl groups excluding tert-OH is 2. The predicted molar refractivity (Wildman–Crippen MR) is 193 cm³/mol. The van der Waals surface area contributed by atoms with Crippen molar-refractivity contribution in [3.05, 3.63) is 0 Å². The highest BCUT2D eigenvalue weighted by Crippen LogP contribution is 2.15. The molecule has 0 aliphatic heterocycles. The lowest BCUT2D eigenvalue weighted by atomic mass is 10.0.